The normalized spacial score (nSPS) is 11.7. The second-order valence-electron chi connectivity index (χ2n) is 3.61. The van der Waals surface area contributed by atoms with Gasteiger partial charge in [-0.05, 0) is 23.6 Å². The summed E-state index contributed by atoms with van der Waals surface area (Å²) in [5, 5.41) is -0.432. The molecule has 0 aliphatic carbocycles. The smallest absolute Gasteiger partial charge is 0.246 e. The number of sulfonamides is 1. The number of halogens is 1. The Balaban J connectivity index is 2.92. The fourth-order valence-corrected chi connectivity index (χ4v) is 1.87. The number of anilines is 1. The van der Waals surface area contributed by atoms with Gasteiger partial charge in [0.1, 0.15) is 5.21 Å². The molecule has 1 aromatic carbocycles. The second-order valence-corrected chi connectivity index (χ2v) is 5.91. The Bertz CT molecular complexity index is 429. The van der Waals surface area contributed by atoms with Gasteiger partial charge in [-0.2, -0.15) is 0 Å². The number of nitrogens with one attached hydrogen (secondary N) is 1. The van der Waals surface area contributed by atoms with Crippen molar-refractivity contribution in [3.8, 4) is 0 Å². The average Bonchev–Trinajstić information content (AvgIpc) is 2.17. The van der Waals surface area contributed by atoms with Crippen molar-refractivity contribution in [2.75, 3.05) is 9.93 Å². The molecule has 0 aliphatic heterocycles. The molecule has 84 valence electrons. The molecule has 0 amide bonds. The van der Waals surface area contributed by atoms with E-state index in [1.54, 1.807) is 6.07 Å². The van der Waals surface area contributed by atoms with Crippen molar-refractivity contribution in [1.29, 1.82) is 0 Å². The van der Waals surface area contributed by atoms with E-state index in [2.05, 4.69) is 18.6 Å². The van der Waals surface area contributed by atoms with Crippen molar-refractivity contribution in [2.24, 2.45) is 0 Å². The van der Waals surface area contributed by atoms with Crippen LogP contribution in [-0.2, 0) is 10.0 Å². The summed E-state index contributed by atoms with van der Waals surface area (Å²) >= 11 is 5.29. The van der Waals surface area contributed by atoms with Crippen molar-refractivity contribution in [2.45, 2.75) is 19.8 Å². The van der Waals surface area contributed by atoms with Crippen molar-refractivity contribution >= 4 is 27.3 Å². The fraction of sp³-hybridized carbons (Fsp3) is 0.400. The van der Waals surface area contributed by atoms with Gasteiger partial charge in [-0.15, -0.1) is 11.6 Å². The third-order valence-electron chi connectivity index (χ3n) is 1.97. The third-order valence-corrected chi connectivity index (χ3v) is 3.67. The lowest BCUT2D eigenvalue weighted by Gasteiger charge is -2.09. The van der Waals surface area contributed by atoms with Crippen molar-refractivity contribution in [1.82, 2.24) is 0 Å². The summed E-state index contributed by atoms with van der Waals surface area (Å²) in [4.78, 5) is 0. The third kappa shape index (κ3) is 3.72. The van der Waals surface area contributed by atoms with Crippen LogP contribution in [0.4, 0.5) is 5.69 Å². The summed E-state index contributed by atoms with van der Waals surface area (Å²) in [6, 6.07) is 7.30. The zero-order valence-electron chi connectivity index (χ0n) is 8.70. The summed E-state index contributed by atoms with van der Waals surface area (Å²) < 4.78 is 24.8. The van der Waals surface area contributed by atoms with Crippen LogP contribution in [0, 0.1) is 0 Å². The molecule has 0 unspecified atom stereocenters. The van der Waals surface area contributed by atoms with Crippen LogP contribution in [-0.4, -0.2) is 13.6 Å². The minimum atomic E-state index is -3.40. The Morgan fingerprint density at radius 3 is 2.60 bits per heavy atom. The van der Waals surface area contributed by atoms with E-state index < -0.39 is 15.2 Å². The Morgan fingerprint density at radius 2 is 2.07 bits per heavy atom. The molecule has 0 aromatic heterocycles. The molecule has 0 aliphatic rings. The van der Waals surface area contributed by atoms with Gasteiger partial charge >= 0.3 is 0 Å². The van der Waals surface area contributed by atoms with Crippen LogP contribution in [0.25, 0.3) is 0 Å². The van der Waals surface area contributed by atoms with E-state index in [9.17, 15) is 8.42 Å². The van der Waals surface area contributed by atoms with Gasteiger partial charge in [-0.25, -0.2) is 8.42 Å². The van der Waals surface area contributed by atoms with Crippen LogP contribution in [0.2, 0.25) is 0 Å². The monoisotopic (exact) mass is 247 g/mol. The Labute approximate surface area is 95.5 Å². The van der Waals surface area contributed by atoms with Crippen LogP contribution < -0.4 is 4.72 Å². The van der Waals surface area contributed by atoms with Crippen molar-refractivity contribution in [3.05, 3.63) is 29.8 Å². The zero-order valence-corrected chi connectivity index (χ0v) is 10.3. The minimum absolute atomic E-state index is 0.366. The standard InChI is InChI=1S/C10H14ClNO2S/c1-8(2)9-4-3-5-10(6-9)12-15(13,14)7-11/h3-6,8,12H,7H2,1-2H3. The lowest BCUT2D eigenvalue weighted by Crippen LogP contribution is -2.13. The number of benzene rings is 1. The molecule has 0 bridgehead atoms. The molecular formula is C10H14ClNO2S. The van der Waals surface area contributed by atoms with E-state index in [1.165, 1.54) is 0 Å². The van der Waals surface area contributed by atoms with Crippen LogP contribution in [0.3, 0.4) is 0 Å². The molecule has 0 atom stereocenters. The summed E-state index contributed by atoms with van der Waals surface area (Å²) in [6.07, 6.45) is 0. The maximum Gasteiger partial charge on any atom is 0.246 e. The predicted molar refractivity (Wildman–Crippen MR) is 63.8 cm³/mol. The van der Waals surface area contributed by atoms with Gasteiger partial charge in [-0.1, -0.05) is 26.0 Å². The molecule has 0 heterocycles. The van der Waals surface area contributed by atoms with Gasteiger partial charge < -0.3 is 0 Å². The molecule has 15 heavy (non-hydrogen) atoms. The lowest BCUT2D eigenvalue weighted by molar-refractivity contribution is 0.605. The van der Waals surface area contributed by atoms with Gasteiger partial charge in [0.2, 0.25) is 10.0 Å². The highest BCUT2D eigenvalue weighted by Crippen LogP contribution is 2.19. The summed E-state index contributed by atoms with van der Waals surface area (Å²) in [6.45, 7) is 4.10. The Hall–Kier alpha value is -0.740. The first-order valence-electron chi connectivity index (χ1n) is 4.61. The van der Waals surface area contributed by atoms with E-state index in [0.717, 1.165) is 5.56 Å². The molecule has 1 rings (SSSR count). The molecule has 0 spiro atoms. The number of hydrogen-bond acceptors (Lipinski definition) is 2. The molecule has 3 nitrogen and oxygen atoms in total. The van der Waals surface area contributed by atoms with Gasteiger partial charge in [0.05, 0.1) is 0 Å². The average molecular weight is 248 g/mol. The quantitative estimate of drug-likeness (QED) is 0.832. The van der Waals surface area contributed by atoms with E-state index in [-0.39, 0.29) is 0 Å². The summed E-state index contributed by atoms with van der Waals surface area (Å²) in [7, 11) is -3.40. The Kier molecular flexibility index (Phi) is 3.99. The zero-order chi connectivity index (χ0) is 11.5. The van der Waals surface area contributed by atoms with Crippen LogP contribution in [0.5, 0.6) is 0 Å². The van der Waals surface area contributed by atoms with Gasteiger partial charge in [0.15, 0.2) is 0 Å². The highest BCUT2D eigenvalue weighted by molar-refractivity contribution is 7.93. The second kappa shape index (κ2) is 4.86. The van der Waals surface area contributed by atoms with Crippen LogP contribution in [0.15, 0.2) is 24.3 Å². The summed E-state index contributed by atoms with van der Waals surface area (Å²) in [5.74, 6) is 0.366. The molecule has 0 radical (unpaired) electrons. The first kappa shape index (κ1) is 12.3. The van der Waals surface area contributed by atoms with Crippen LogP contribution in [0.1, 0.15) is 25.3 Å². The Morgan fingerprint density at radius 1 is 1.40 bits per heavy atom. The number of hydrogen-bond donors (Lipinski definition) is 1. The molecule has 0 saturated carbocycles. The largest absolute Gasteiger partial charge is 0.283 e. The minimum Gasteiger partial charge on any atom is -0.283 e. The van der Waals surface area contributed by atoms with E-state index >= 15 is 0 Å². The molecular weight excluding hydrogens is 234 g/mol. The van der Waals surface area contributed by atoms with Gasteiger partial charge in [-0.3, -0.25) is 4.72 Å². The van der Waals surface area contributed by atoms with Crippen molar-refractivity contribution in [3.63, 3.8) is 0 Å². The first-order valence-corrected chi connectivity index (χ1v) is 6.79. The van der Waals surface area contributed by atoms with Crippen LogP contribution >= 0.6 is 11.6 Å². The van der Waals surface area contributed by atoms with Gasteiger partial charge in [0, 0.05) is 5.69 Å². The van der Waals surface area contributed by atoms with E-state index in [4.69, 9.17) is 11.6 Å². The first-order chi connectivity index (χ1) is 6.94. The topological polar surface area (TPSA) is 46.2 Å². The number of alkyl halides is 1. The lowest BCUT2D eigenvalue weighted by atomic mass is 10.0. The maximum absolute atomic E-state index is 11.2. The van der Waals surface area contributed by atoms with Crippen molar-refractivity contribution < 1.29 is 8.42 Å². The molecule has 1 aromatic rings. The fourth-order valence-electron chi connectivity index (χ4n) is 1.17. The predicted octanol–water partition coefficient (Wildman–Crippen LogP) is 2.75. The van der Waals surface area contributed by atoms with E-state index in [0.29, 0.717) is 11.6 Å². The highest BCUT2D eigenvalue weighted by atomic mass is 35.5. The number of rotatable bonds is 4. The molecule has 0 saturated heterocycles. The van der Waals surface area contributed by atoms with E-state index in [1.807, 2.05) is 18.2 Å². The molecule has 5 heteroatoms. The molecule has 1 N–H and O–H groups in total. The van der Waals surface area contributed by atoms with Gasteiger partial charge in [0.25, 0.3) is 0 Å². The summed E-state index contributed by atoms with van der Waals surface area (Å²) in [5.41, 5.74) is 1.65. The molecule has 0 fully saturated rings. The highest BCUT2D eigenvalue weighted by Gasteiger charge is 2.08. The maximum atomic E-state index is 11.2. The SMILES string of the molecule is CC(C)c1cccc(NS(=O)(=O)CCl)c1.